The average molecular weight is 252 g/mol. The first-order valence-corrected chi connectivity index (χ1v) is 6.92. The Balaban J connectivity index is 2.70. The number of hydrogen-bond donors (Lipinski definition) is 1. The van der Waals surface area contributed by atoms with E-state index in [4.69, 9.17) is 5.11 Å². The van der Waals surface area contributed by atoms with E-state index in [1.54, 1.807) is 0 Å². The molecule has 1 N–H and O–H groups in total. The predicted octanol–water partition coefficient (Wildman–Crippen LogP) is 4.16. The van der Waals surface area contributed by atoms with E-state index in [1.165, 1.54) is 17.3 Å². The number of benzene rings is 1. The molecular weight excluding hydrogens is 232 g/mol. The van der Waals surface area contributed by atoms with Gasteiger partial charge in [-0.2, -0.15) is 0 Å². The molecule has 94 valence electrons. The zero-order valence-corrected chi connectivity index (χ0v) is 11.5. The quantitative estimate of drug-likeness (QED) is 0.773. The summed E-state index contributed by atoms with van der Waals surface area (Å²) in [5.41, 5.74) is 1.29. The molecule has 0 aliphatic carbocycles. The van der Waals surface area contributed by atoms with Gasteiger partial charge in [0.05, 0.1) is 0 Å². The molecule has 2 nitrogen and oxygen atoms in total. The molecular formula is C14H20O2S. The fraction of sp³-hybridized carbons (Fsp3) is 0.500. The van der Waals surface area contributed by atoms with E-state index in [0.29, 0.717) is 12.3 Å². The topological polar surface area (TPSA) is 37.3 Å². The first-order chi connectivity index (χ1) is 8.04. The highest BCUT2D eigenvalue weighted by atomic mass is 32.2. The molecule has 17 heavy (non-hydrogen) atoms. The lowest BCUT2D eigenvalue weighted by Gasteiger charge is -2.11. The van der Waals surface area contributed by atoms with E-state index in [1.807, 2.05) is 19.1 Å². The van der Waals surface area contributed by atoms with Gasteiger partial charge in [0, 0.05) is 4.90 Å². The molecule has 0 heterocycles. The Bertz CT molecular complexity index is 357. The predicted molar refractivity (Wildman–Crippen MR) is 72.7 cm³/mol. The molecule has 0 bridgehead atoms. The van der Waals surface area contributed by atoms with Crippen LogP contribution in [0.4, 0.5) is 0 Å². The fourth-order valence-electron chi connectivity index (χ4n) is 1.59. The molecule has 0 saturated carbocycles. The van der Waals surface area contributed by atoms with Gasteiger partial charge >= 0.3 is 5.97 Å². The minimum absolute atomic E-state index is 0.329. The zero-order valence-electron chi connectivity index (χ0n) is 10.6. The number of thioether (sulfide) groups is 1. The average Bonchev–Trinajstić information content (AvgIpc) is 2.29. The van der Waals surface area contributed by atoms with Gasteiger partial charge in [0.1, 0.15) is 5.25 Å². The molecule has 0 aromatic heterocycles. The Morgan fingerprint density at radius 3 is 2.29 bits per heavy atom. The smallest absolute Gasteiger partial charge is 0.316 e. The number of carbonyl (C=O) groups is 1. The fourth-order valence-corrected chi connectivity index (χ4v) is 2.67. The largest absolute Gasteiger partial charge is 0.480 e. The van der Waals surface area contributed by atoms with Gasteiger partial charge in [0.15, 0.2) is 0 Å². The van der Waals surface area contributed by atoms with Gasteiger partial charge in [-0.3, -0.25) is 4.79 Å². The van der Waals surface area contributed by atoms with Crippen molar-refractivity contribution in [2.45, 2.75) is 49.7 Å². The van der Waals surface area contributed by atoms with Crippen LogP contribution in [0.2, 0.25) is 0 Å². The van der Waals surface area contributed by atoms with E-state index in [-0.39, 0.29) is 5.25 Å². The van der Waals surface area contributed by atoms with Crippen LogP contribution in [0.25, 0.3) is 0 Å². The van der Waals surface area contributed by atoms with E-state index in [0.717, 1.165) is 11.3 Å². The summed E-state index contributed by atoms with van der Waals surface area (Å²) in [6, 6.07) is 8.20. The Morgan fingerprint density at radius 1 is 1.29 bits per heavy atom. The highest BCUT2D eigenvalue weighted by molar-refractivity contribution is 8.00. The van der Waals surface area contributed by atoms with Gasteiger partial charge in [0.25, 0.3) is 0 Å². The molecule has 1 aromatic rings. The maximum Gasteiger partial charge on any atom is 0.316 e. The molecule has 1 atom stereocenters. The van der Waals surface area contributed by atoms with Crippen molar-refractivity contribution in [1.29, 1.82) is 0 Å². The second kappa shape index (κ2) is 6.70. The van der Waals surface area contributed by atoms with E-state index < -0.39 is 5.97 Å². The molecule has 0 aliphatic heterocycles. The molecule has 1 aromatic carbocycles. The third-order valence-corrected chi connectivity index (χ3v) is 3.92. The maximum absolute atomic E-state index is 11.0. The summed E-state index contributed by atoms with van der Waals surface area (Å²) in [6.07, 6.45) is 1.61. The highest BCUT2D eigenvalue weighted by Gasteiger charge is 2.17. The van der Waals surface area contributed by atoms with Crippen LogP contribution in [0, 0.1) is 0 Å². The lowest BCUT2D eigenvalue weighted by molar-refractivity contribution is -0.136. The van der Waals surface area contributed by atoms with Crippen LogP contribution in [-0.4, -0.2) is 16.3 Å². The standard InChI is InChI=1S/C14H20O2S/c1-4-5-13(14(15)16)17-12-8-6-11(7-9-12)10(2)3/h6-10,13H,4-5H2,1-3H3,(H,15,16). The first-order valence-electron chi connectivity index (χ1n) is 6.04. The van der Waals surface area contributed by atoms with Gasteiger partial charge in [0.2, 0.25) is 0 Å². The number of carboxylic acids is 1. The van der Waals surface area contributed by atoms with Crippen LogP contribution >= 0.6 is 11.8 Å². The summed E-state index contributed by atoms with van der Waals surface area (Å²) in [7, 11) is 0. The van der Waals surface area contributed by atoms with Gasteiger partial charge in [-0.1, -0.05) is 39.3 Å². The monoisotopic (exact) mass is 252 g/mol. The molecule has 3 heteroatoms. The van der Waals surface area contributed by atoms with Gasteiger partial charge in [-0.25, -0.2) is 0 Å². The summed E-state index contributed by atoms with van der Waals surface area (Å²) >= 11 is 1.44. The summed E-state index contributed by atoms with van der Waals surface area (Å²) in [4.78, 5) is 12.1. The number of aliphatic carboxylic acids is 1. The Hall–Kier alpha value is -0.960. The second-order valence-electron chi connectivity index (χ2n) is 4.46. The minimum atomic E-state index is -0.718. The van der Waals surface area contributed by atoms with Crippen LogP contribution in [0.15, 0.2) is 29.2 Å². The van der Waals surface area contributed by atoms with Crippen molar-refractivity contribution in [3.8, 4) is 0 Å². The van der Waals surface area contributed by atoms with Crippen molar-refractivity contribution in [2.75, 3.05) is 0 Å². The molecule has 0 amide bonds. The number of hydrogen-bond acceptors (Lipinski definition) is 2. The third kappa shape index (κ3) is 4.43. The molecule has 1 rings (SSSR count). The van der Waals surface area contributed by atoms with Crippen molar-refractivity contribution < 1.29 is 9.90 Å². The summed E-state index contributed by atoms with van der Waals surface area (Å²) in [6.45, 7) is 6.32. The lowest BCUT2D eigenvalue weighted by atomic mass is 10.0. The second-order valence-corrected chi connectivity index (χ2v) is 5.73. The molecule has 1 unspecified atom stereocenters. The minimum Gasteiger partial charge on any atom is -0.480 e. The molecule has 0 aliphatic rings. The molecule has 0 fully saturated rings. The van der Waals surface area contributed by atoms with Crippen LogP contribution in [0.1, 0.15) is 45.1 Å². The van der Waals surface area contributed by atoms with Crippen LogP contribution < -0.4 is 0 Å². The molecule has 0 saturated heterocycles. The van der Waals surface area contributed by atoms with E-state index >= 15 is 0 Å². The van der Waals surface area contributed by atoms with Crippen molar-refractivity contribution in [2.24, 2.45) is 0 Å². The van der Waals surface area contributed by atoms with Gasteiger partial charge < -0.3 is 5.11 Å². The Labute approximate surface area is 107 Å². The van der Waals surface area contributed by atoms with Crippen molar-refractivity contribution in [3.63, 3.8) is 0 Å². The van der Waals surface area contributed by atoms with Crippen molar-refractivity contribution in [1.82, 2.24) is 0 Å². The first kappa shape index (κ1) is 14.1. The number of carboxylic acid groups (broad SMARTS) is 1. The summed E-state index contributed by atoms with van der Waals surface area (Å²) in [5.74, 6) is -0.204. The highest BCUT2D eigenvalue weighted by Crippen LogP contribution is 2.27. The van der Waals surface area contributed by atoms with E-state index in [2.05, 4.69) is 26.0 Å². The van der Waals surface area contributed by atoms with Gasteiger partial charge in [-0.15, -0.1) is 11.8 Å². The van der Waals surface area contributed by atoms with Crippen LogP contribution in [-0.2, 0) is 4.79 Å². The number of rotatable bonds is 6. The third-order valence-electron chi connectivity index (χ3n) is 2.65. The van der Waals surface area contributed by atoms with Crippen molar-refractivity contribution >= 4 is 17.7 Å². The summed E-state index contributed by atoms with van der Waals surface area (Å²) < 4.78 is 0. The van der Waals surface area contributed by atoms with Crippen LogP contribution in [0.5, 0.6) is 0 Å². The Morgan fingerprint density at radius 2 is 1.88 bits per heavy atom. The van der Waals surface area contributed by atoms with Gasteiger partial charge in [-0.05, 0) is 30.0 Å². The SMILES string of the molecule is CCCC(Sc1ccc(C(C)C)cc1)C(=O)O. The summed E-state index contributed by atoms with van der Waals surface area (Å²) in [5, 5.41) is 8.76. The zero-order chi connectivity index (χ0) is 12.8. The normalized spacial score (nSPS) is 12.7. The molecule has 0 spiro atoms. The lowest BCUT2D eigenvalue weighted by Crippen LogP contribution is -2.15. The van der Waals surface area contributed by atoms with Crippen molar-refractivity contribution in [3.05, 3.63) is 29.8 Å². The maximum atomic E-state index is 11.0. The van der Waals surface area contributed by atoms with Crippen LogP contribution in [0.3, 0.4) is 0 Å². The van der Waals surface area contributed by atoms with E-state index in [9.17, 15) is 4.79 Å². The molecule has 0 radical (unpaired) electrons. The Kier molecular flexibility index (Phi) is 5.56.